The summed E-state index contributed by atoms with van der Waals surface area (Å²) in [5, 5.41) is 0. The van der Waals surface area contributed by atoms with Crippen molar-refractivity contribution >= 4 is 40.1 Å². The van der Waals surface area contributed by atoms with Crippen molar-refractivity contribution in [1.29, 1.82) is 0 Å². The van der Waals surface area contributed by atoms with E-state index < -0.39 is 87.8 Å². The van der Waals surface area contributed by atoms with Gasteiger partial charge in [0.1, 0.15) is 11.5 Å². The van der Waals surface area contributed by atoms with Gasteiger partial charge in [0.15, 0.2) is 11.5 Å². The maximum atomic E-state index is 11.6. The van der Waals surface area contributed by atoms with Crippen LogP contribution in [0.1, 0.15) is 39.5 Å². The predicted octanol–water partition coefficient (Wildman–Crippen LogP) is 4.35. The molecule has 28 heteroatoms. The molecule has 0 aliphatic rings. The molecule has 0 aromatic carbocycles. The predicted molar refractivity (Wildman–Crippen MR) is 160 cm³/mol. The maximum absolute atomic E-state index is 11.6. The van der Waals surface area contributed by atoms with E-state index >= 15 is 0 Å². The second-order valence-electron chi connectivity index (χ2n) is 11.8. The topological polar surface area (TPSA) is 166 Å². The minimum Gasteiger partial charge on any atom is -0.436 e. The number of nitrogens with zero attached hydrogens (tertiary/aromatic N) is 3. The minimum absolute atomic E-state index is 0.350. The van der Waals surface area contributed by atoms with E-state index in [1.165, 1.54) is 45.3 Å². The number of alkyl halides is 12. The Bertz CT molecular complexity index is 1250. The molecule has 0 radical (unpaired) electrons. The molecule has 12 nitrogen and oxygen atoms in total. The lowest BCUT2D eigenvalue weighted by atomic mass is 9.99. The molecule has 1 N–H and O–H groups in total. The van der Waals surface area contributed by atoms with Crippen LogP contribution >= 0.6 is 0 Å². The largest absolute Gasteiger partial charge is 0.436 e. The zero-order chi connectivity index (χ0) is 40.8. The number of halogens is 12. The SMILES string of the molecule is CCCCC(CC)CN(C)CC[N+](C)(C)C.O=S(=O)(CC(F)(F)F)NS(=O)(=O)CC(F)(F)F.O=S(=O)(CC(F)(F)F)[N-]S(=O)(=O)CC(F)(F)F. The molecule has 0 spiro atoms. The van der Waals surface area contributed by atoms with E-state index in [2.05, 4.69) is 46.9 Å². The first kappa shape index (κ1) is 53.2. The first-order valence-electron chi connectivity index (χ1n) is 13.8. The van der Waals surface area contributed by atoms with E-state index in [4.69, 9.17) is 0 Å². The van der Waals surface area contributed by atoms with Crippen LogP contribution in [0.2, 0.25) is 0 Å². The van der Waals surface area contributed by atoms with E-state index in [-0.39, 0.29) is 0 Å². The van der Waals surface area contributed by atoms with Gasteiger partial charge in [0.2, 0.25) is 20.0 Å². The van der Waals surface area contributed by atoms with Crippen molar-refractivity contribution in [2.24, 2.45) is 5.92 Å². The van der Waals surface area contributed by atoms with Gasteiger partial charge in [-0.25, -0.2) is 33.7 Å². The van der Waals surface area contributed by atoms with Gasteiger partial charge in [0, 0.05) is 13.1 Å². The third-order valence-electron chi connectivity index (χ3n) is 5.15. The Balaban J connectivity index is -0.000000663. The zero-order valence-electron chi connectivity index (χ0n) is 27.6. The van der Waals surface area contributed by atoms with Crippen molar-refractivity contribution in [3.63, 3.8) is 0 Å². The summed E-state index contributed by atoms with van der Waals surface area (Å²) in [5.41, 5.74) is 0. The monoisotopic (exact) mass is 846 g/mol. The van der Waals surface area contributed by atoms with E-state index in [9.17, 15) is 86.4 Å². The van der Waals surface area contributed by atoms with E-state index in [0.29, 0.717) is 4.13 Å². The van der Waals surface area contributed by atoms with Crippen molar-refractivity contribution < 1.29 is 90.8 Å². The summed E-state index contributed by atoms with van der Waals surface area (Å²) in [6.07, 6.45) is -15.7. The van der Waals surface area contributed by atoms with Gasteiger partial charge in [0.25, 0.3) is 0 Å². The first-order valence-corrected chi connectivity index (χ1v) is 20.3. The second-order valence-corrected chi connectivity index (χ2v) is 19.0. The van der Waals surface area contributed by atoms with Crippen molar-refractivity contribution in [3.05, 3.63) is 4.13 Å². The molecule has 0 fully saturated rings. The highest BCUT2D eigenvalue weighted by Crippen LogP contribution is 2.26. The molecular formula is C22H42F12N4O8S4. The standard InChI is InChI=1S/C14H33N2.C4H5F6NO4S2.C4H4F6NO4S2/c1-7-9-10-14(8-2)13-15(3)11-12-16(4,5)6;2*5-3(6,7)1-16(12,13)11-17(14,15)2-4(8,9)10/h14H,7-13H2,1-6H3;11H,1-2H2;1-2H2/q+1;;-1. The summed E-state index contributed by atoms with van der Waals surface area (Å²) in [6.45, 7) is 8.34. The molecular weight excluding hydrogens is 805 g/mol. The quantitative estimate of drug-likeness (QED) is 0.166. The van der Waals surface area contributed by atoms with Crippen molar-refractivity contribution in [2.75, 3.05) is 70.8 Å². The molecule has 0 aliphatic carbocycles. The molecule has 1 unspecified atom stereocenters. The highest BCUT2D eigenvalue weighted by Gasteiger charge is 2.41. The zero-order valence-corrected chi connectivity index (χ0v) is 30.9. The van der Waals surface area contributed by atoms with Crippen molar-refractivity contribution in [2.45, 2.75) is 64.2 Å². The van der Waals surface area contributed by atoms with Gasteiger partial charge in [-0.05, 0) is 19.4 Å². The van der Waals surface area contributed by atoms with Gasteiger partial charge < -0.3 is 13.5 Å². The second kappa shape index (κ2) is 20.3. The van der Waals surface area contributed by atoms with Gasteiger partial charge >= 0.3 is 24.7 Å². The summed E-state index contributed by atoms with van der Waals surface area (Å²) in [4.78, 5) is 2.51. The van der Waals surface area contributed by atoms with Crippen LogP contribution in [0.15, 0.2) is 0 Å². The normalized spacial score (nSPS) is 14.8. The fraction of sp³-hybridized carbons (Fsp3) is 1.00. The molecule has 1 atom stereocenters. The molecule has 0 amide bonds. The summed E-state index contributed by atoms with van der Waals surface area (Å²) < 4.78 is 227. The number of unbranched alkanes of at least 4 members (excludes halogenated alkanes) is 1. The Morgan fingerprint density at radius 3 is 1.24 bits per heavy atom. The fourth-order valence-electron chi connectivity index (χ4n) is 3.24. The van der Waals surface area contributed by atoms with Crippen LogP contribution in [-0.4, -0.2) is 139 Å². The Hall–Kier alpha value is -1.20. The number of nitrogens with one attached hydrogen (secondary N) is 1. The van der Waals surface area contributed by atoms with Gasteiger partial charge in [-0.1, -0.05) is 33.1 Å². The molecule has 0 aromatic heterocycles. The van der Waals surface area contributed by atoms with Gasteiger partial charge in [-0.2, -0.15) is 52.7 Å². The molecule has 0 aliphatic heterocycles. The third kappa shape index (κ3) is 38.0. The van der Waals surface area contributed by atoms with Gasteiger partial charge in [-0.15, -0.1) is 4.13 Å². The molecule has 306 valence electrons. The number of likely N-dealkylation sites (N-methyl/N-ethyl adjacent to an activating group) is 2. The molecule has 50 heavy (non-hydrogen) atoms. The Morgan fingerprint density at radius 2 is 0.980 bits per heavy atom. The number of sulfonamides is 4. The summed E-state index contributed by atoms with van der Waals surface area (Å²) in [6, 6.07) is 0. The molecule has 0 saturated carbocycles. The van der Waals surface area contributed by atoms with E-state index in [1.54, 1.807) is 4.13 Å². The smallest absolute Gasteiger partial charge is 0.404 e. The molecule has 0 saturated heterocycles. The lowest BCUT2D eigenvalue weighted by Crippen LogP contribution is -2.42. The van der Waals surface area contributed by atoms with Gasteiger partial charge in [-0.3, -0.25) is 0 Å². The van der Waals surface area contributed by atoms with Crippen LogP contribution in [-0.2, 0) is 40.1 Å². The molecule has 0 aromatic rings. The maximum Gasteiger partial charge on any atom is 0.404 e. The highest BCUT2D eigenvalue weighted by molar-refractivity contribution is 8.12. The van der Waals surface area contributed by atoms with E-state index in [1.807, 2.05) is 0 Å². The van der Waals surface area contributed by atoms with Crippen LogP contribution in [0, 0.1) is 5.92 Å². The Kier molecular flexibility index (Phi) is 21.6. The first-order chi connectivity index (χ1) is 21.6. The van der Waals surface area contributed by atoms with Crippen LogP contribution in [0.4, 0.5) is 52.7 Å². The van der Waals surface area contributed by atoms with Crippen LogP contribution in [0.3, 0.4) is 0 Å². The molecule has 0 rings (SSSR count). The number of rotatable bonds is 17. The van der Waals surface area contributed by atoms with Crippen molar-refractivity contribution in [1.82, 2.24) is 9.03 Å². The lowest BCUT2D eigenvalue weighted by Gasteiger charge is -2.28. The minimum atomic E-state index is -5.56. The average molecular weight is 847 g/mol. The fourth-order valence-corrected chi connectivity index (χ4v) is 8.76. The summed E-state index contributed by atoms with van der Waals surface area (Å²) in [5.74, 6) is -9.56. The Morgan fingerprint density at radius 1 is 0.640 bits per heavy atom. The summed E-state index contributed by atoms with van der Waals surface area (Å²) >= 11 is 0. The molecule has 0 heterocycles. The van der Waals surface area contributed by atoms with Crippen LogP contribution < -0.4 is 4.13 Å². The van der Waals surface area contributed by atoms with Gasteiger partial charge in [0.05, 0.1) is 47.7 Å². The molecule has 0 bridgehead atoms. The lowest BCUT2D eigenvalue weighted by molar-refractivity contribution is -0.869. The number of hydrogen-bond donors (Lipinski definition) is 1. The highest BCUT2D eigenvalue weighted by atomic mass is 32.3. The third-order valence-corrected chi connectivity index (χ3v) is 11.8. The van der Waals surface area contributed by atoms with Crippen molar-refractivity contribution in [3.8, 4) is 0 Å². The number of hydrogen-bond acceptors (Lipinski definition) is 9. The summed E-state index contributed by atoms with van der Waals surface area (Å²) in [7, 11) is -12.9. The van der Waals surface area contributed by atoms with Crippen LogP contribution in [0.5, 0.6) is 0 Å². The van der Waals surface area contributed by atoms with E-state index in [0.717, 1.165) is 10.4 Å². The Labute approximate surface area is 284 Å². The average Bonchev–Trinajstić information content (AvgIpc) is 2.72. The van der Waals surface area contributed by atoms with Crippen LogP contribution in [0.25, 0.3) is 4.13 Å². The number of quaternary nitrogens is 1.